The monoisotopic (exact) mass is 284 g/mol. The zero-order valence-corrected chi connectivity index (χ0v) is 13.0. The van der Waals surface area contributed by atoms with Crippen molar-refractivity contribution in [3.05, 3.63) is 45.9 Å². The number of aryl methyl sites for hydroxylation is 2. The quantitative estimate of drug-likeness (QED) is 0.935. The highest BCUT2D eigenvalue weighted by molar-refractivity contribution is 5.84. The highest BCUT2D eigenvalue weighted by Gasteiger charge is 2.19. The molecule has 0 aliphatic carbocycles. The number of nitrogens with one attached hydrogen (secondary N) is 1. The first kappa shape index (κ1) is 14.3. The molecule has 112 valence electrons. The van der Waals surface area contributed by atoms with Crippen LogP contribution in [0.1, 0.15) is 37.4 Å². The Morgan fingerprint density at radius 2 is 2.19 bits per heavy atom. The molecular weight excluding hydrogens is 260 g/mol. The number of nitrogens with zero attached hydrogens (tertiary/aromatic N) is 1. The fourth-order valence-corrected chi connectivity index (χ4v) is 3.43. The predicted octanol–water partition coefficient (Wildman–Crippen LogP) is 3.25. The van der Waals surface area contributed by atoms with Gasteiger partial charge in [0.25, 0.3) is 5.56 Å². The summed E-state index contributed by atoms with van der Waals surface area (Å²) in [5.74, 6) is 0. The second-order valence-electron chi connectivity index (χ2n) is 6.29. The summed E-state index contributed by atoms with van der Waals surface area (Å²) in [6, 6.07) is 8.79. The maximum Gasteiger partial charge on any atom is 0.256 e. The molecule has 1 atom stereocenters. The zero-order valence-electron chi connectivity index (χ0n) is 13.0. The van der Waals surface area contributed by atoms with Gasteiger partial charge in [-0.05, 0) is 75.7 Å². The van der Waals surface area contributed by atoms with Crippen LogP contribution < -0.4 is 5.56 Å². The molecule has 21 heavy (non-hydrogen) atoms. The van der Waals surface area contributed by atoms with Crippen LogP contribution in [0.2, 0.25) is 0 Å². The normalized spacial score (nSPS) is 19.4. The molecule has 3 rings (SSSR count). The van der Waals surface area contributed by atoms with Crippen molar-refractivity contribution >= 4 is 10.8 Å². The van der Waals surface area contributed by atoms with E-state index in [0.717, 1.165) is 41.9 Å². The average molecular weight is 284 g/mol. The SMILES string of the molecule is Cc1cccc2c(=O)[nH]c(CCCN3CCC[C@H]3C)cc12. The number of hydrogen-bond donors (Lipinski definition) is 1. The van der Waals surface area contributed by atoms with Gasteiger partial charge in [0.2, 0.25) is 0 Å². The summed E-state index contributed by atoms with van der Waals surface area (Å²) in [7, 11) is 0. The number of benzene rings is 1. The molecule has 0 bridgehead atoms. The van der Waals surface area contributed by atoms with E-state index in [1.807, 2.05) is 12.1 Å². The molecule has 1 aromatic heterocycles. The molecule has 0 radical (unpaired) electrons. The zero-order chi connectivity index (χ0) is 14.8. The molecule has 3 nitrogen and oxygen atoms in total. The molecule has 0 unspecified atom stereocenters. The molecule has 0 saturated carbocycles. The standard InChI is InChI=1S/C18H24N2O/c1-13-6-3-9-16-17(13)12-15(19-18(16)21)8-5-11-20-10-4-7-14(20)2/h3,6,9,12,14H,4-5,7-8,10-11H2,1-2H3,(H,19,21)/t14-/m1/s1. The third-order valence-electron chi connectivity index (χ3n) is 4.74. The van der Waals surface area contributed by atoms with Gasteiger partial charge < -0.3 is 9.88 Å². The molecule has 1 saturated heterocycles. The molecule has 2 aromatic rings. The van der Waals surface area contributed by atoms with E-state index in [1.165, 1.54) is 24.9 Å². The Morgan fingerprint density at radius 1 is 1.33 bits per heavy atom. The van der Waals surface area contributed by atoms with Crippen LogP contribution in [-0.2, 0) is 6.42 Å². The molecule has 1 aliphatic rings. The summed E-state index contributed by atoms with van der Waals surface area (Å²) in [5, 5.41) is 1.89. The minimum absolute atomic E-state index is 0.0424. The maximum absolute atomic E-state index is 12.2. The van der Waals surface area contributed by atoms with Gasteiger partial charge in [-0.15, -0.1) is 0 Å². The van der Waals surface area contributed by atoms with Crippen molar-refractivity contribution in [1.82, 2.24) is 9.88 Å². The summed E-state index contributed by atoms with van der Waals surface area (Å²) in [6.45, 7) is 6.75. The van der Waals surface area contributed by atoms with Gasteiger partial charge in [0.05, 0.1) is 0 Å². The van der Waals surface area contributed by atoms with Gasteiger partial charge in [-0.1, -0.05) is 12.1 Å². The number of rotatable bonds is 4. The topological polar surface area (TPSA) is 36.1 Å². The van der Waals surface area contributed by atoms with Crippen LogP contribution >= 0.6 is 0 Å². The second kappa shape index (κ2) is 6.02. The molecule has 1 aliphatic heterocycles. The Balaban J connectivity index is 1.72. The van der Waals surface area contributed by atoms with Gasteiger partial charge in [0, 0.05) is 17.1 Å². The van der Waals surface area contributed by atoms with Crippen molar-refractivity contribution in [3.8, 4) is 0 Å². The summed E-state index contributed by atoms with van der Waals surface area (Å²) in [4.78, 5) is 17.8. The molecule has 1 aromatic carbocycles. The lowest BCUT2D eigenvalue weighted by molar-refractivity contribution is 0.265. The molecule has 2 heterocycles. The van der Waals surface area contributed by atoms with Crippen LogP contribution in [0.4, 0.5) is 0 Å². The largest absolute Gasteiger partial charge is 0.326 e. The maximum atomic E-state index is 12.2. The van der Waals surface area contributed by atoms with E-state index in [-0.39, 0.29) is 5.56 Å². The Kier molecular flexibility index (Phi) is 4.11. The predicted molar refractivity (Wildman–Crippen MR) is 87.9 cm³/mol. The summed E-state index contributed by atoms with van der Waals surface area (Å²) < 4.78 is 0. The van der Waals surface area contributed by atoms with Crippen LogP contribution in [0, 0.1) is 6.92 Å². The Bertz CT molecular complexity index is 689. The second-order valence-corrected chi connectivity index (χ2v) is 6.29. The van der Waals surface area contributed by atoms with Crippen LogP contribution in [-0.4, -0.2) is 29.0 Å². The van der Waals surface area contributed by atoms with E-state index in [1.54, 1.807) is 0 Å². The molecule has 0 spiro atoms. The van der Waals surface area contributed by atoms with Crippen molar-refractivity contribution in [2.75, 3.05) is 13.1 Å². The number of H-pyrrole nitrogens is 1. The van der Waals surface area contributed by atoms with Crippen LogP contribution in [0.3, 0.4) is 0 Å². The first-order valence-corrected chi connectivity index (χ1v) is 8.01. The number of pyridine rings is 1. The van der Waals surface area contributed by atoms with Gasteiger partial charge in [-0.2, -0.15) is 0 Å². The molecule has 1 fully saturated rings. The van der Waals surface area contributed by atoms with Gasteiger partial charge >= 0.3 is 0 Å². The first-order chi connectivity index (χ1) is 10.1. The molecular formula is C18H24N2O. The summed E-state index contributed by atoms with van der Waals surface area (Å²) >= 11 is 0. The summed E-state index contributed by atoms with van der Waals surface area (Å²) in [5.41, 5.74) is 2.28. The number of aromatic amines is 1. The van der Waals surface area contributed by atoms with Crippen molar-refractivity contribution in [2.24, 2.45) is 0 Å². The fraction of sp³-hybridized carbons (Fsp3) is 0.500. The number of fused-ring (bicyclic) bond motifs is 1. The average Bonchev–Trinajstić information content (AvgIpc) is 2.86. The number of likely N-dealkylation sites (tertiary alicyclic amines) is 1. The van der Waals surface area contributed by atoms with E-state index in [9.17, 15) is 4.79 Å². The Hall–Kier alpha value is -1.61. The lowest BCUT2D eigenvalue weighted by Crippen LogP contribution is -2.28. The first-order valence-electron chi connectivity index (χ1n) is 8.01. The van der Waals surface area contributed by atoms with Crippen molar-refractivity contribution in [1.29, 1.82) is 0 Å². The minimum atomic E-state index is 0.0424. The van der Waals surface area contributed by atoms with Gasteiger partial charge in [-0.3, -0.25) is 4.79 Å². The highest BCUT2D eigenvalue weighted by Crippen LogP contribution is 2.18. The van der Waals surface area contributed by atoms with Gasteiger partial charge in [0.15, 0.2) is 0 Å². The summed E-state index contributed by atoms with van der Waals surface area (Å²) in [6.07, 6.45) is 4.71. The van der Waals surface area contributed by atoms with E-state index >= 15 is 0 Å². The molecule has 0 amide bonds. The smallest absolute Gasteiger partial charge is 0.256 e. The molecule has 3 heteroatoms. The Labute approximate surface area is 126 Å². The lowest BCUT2D eigenvalue weighted by atomic mass is 10.1. The van der Waals surface area contributed by atoms with Crippen molar-refractivity contribution < 1.29 is 0 Å². The van der Waals surface area contributed by atoms with E-state index in [2.05, 4.69) is 35.9 Å². The third-order valence-corrected chi connectivity index (χ3v) is 4.74. The number of hydrogen-bond acceptors (Lipinski definition) is 2. The number of aromatic nitrogens is 1. The van der Waals surface area contributed by atoms with E-state index < -0.39 is 0 Å². The van der Waals surface area contributed by atoms with Gasteiger partial charge in [0.1, 0.15) is 0 Å². The van der Waals surface area contributed by atoms with Gasteiger partial charge in [-0.25, -0.2) is 0 Å². The van der Waals surface area contributed by atoms with Crippen LogP contribution in [0.5, 0.6) is 0 Å². The minimum Gasteiger partial charge on any atom is -0.326 e. The highest BCUT2D eigenvalue weighted by atomic mass is 16.1. The fourth-order valence-electron chi connectivity index (χ4n) is 3.43. The van der Waals surface area contributed by atoms with Crippen LogP contribution in [0.25, 0.3) is 10.8 Å². The van der Waals surface area contributed by atoms with Crippen molar-refractivity contribution in [2.45, 2.75) is 45.6 Å². The van der Waals surface area contributed by atoms with E-state index in [0.29, 0.717) is 0 Å². The van der Waals surface area contributed by atoms with Crippen molar-refractivity contribution in [3.63, 3.8) is 0 Å². The van der Waals surface area contributed by atoms with E-state index in [4.69, 9.17) is 0 Å². The van der Waals surface area contributed by atoms with Crippen LogP contribution in [0.15, 0.2) is 29.1 Å². The molecule has 1 N–H and O–H groups in total. The lowest BCUT2D eigenvalue weighted by Gasteiger charge is -2.20. The third kappa shape index (κ3) is 3.03. The Morgan fingerprint density at radius 3 is 2.95 bits per heavy atom.